The highest BCUT2D eigenvalue weighted by atomic mass is 32.2. The van der Waals surface area contributed by atoms with E-state index in [1.165, 1.54) is 24.9 Å². The first-order valence-electron chi connectivity index (χ1n) is 6.00. The number of nitrogens with two attached hydrogens (primary N) is 1. The van der Waals surface area contributed by atoms with Crippen LogP contribution in [-0.4, -0.2) is 15.5 Å². The van der Waals surface area contributed by atoms with Crippen molar-refractivity contribution in [2.75, 3.05) is 12.8 Å². The monoisotopic (exact) mass is 308 g/mol. The first kappa shape index (κ1) is 14.9. The molecule has 0 aliphatic rings. The number of sulfonamides is 1. The van der Waals surface area contributed by atoms with Crippen LogP contribution in [0.1, 0.15) is 5.56 Å². The standard InChI is InChI=1S/C14H16N2O2S2/c1-10-4-3-5-11(8-10)19-14-9-12(6-7-13(14)15)20(17,18)16-2/h3-9,16H,15H2,1-2H3. The Hall–Kier alpha value is -1.50. The molecule has 0 amide bonds. The van der Waals surface area contributed by atoms with Crippen LogP contribution in [-0.2, 0) is 10.0 Å². The Morgan fingerprint density at radius 2 is 1.90 bits per heavy atom. The second kappa shape index (κ2) is 5.87. The molecular weight excluding hydrogens is 292 g/mol. The minimum absolute atomic E-state index is 0.212. The number of hydrogen-bond donors (Lipinski definition) is 2. The summed E-state index contributed by atoms with van der Waals surface area (Å²) in [6.45, 7) is 2.01. The highest BCUT2D eigenvalue weighted by Crippen LogP contribution is 2.33. The molecule has 0 bridgehead atoms. The molecule has 6 heteroatoms. The quantitative estimate of drug-likeness (QED) is 0.852. The second-order valence-corrected chi connectivity index (χ2v) is 7.33. The molecular formula is C14H16N2O2S2. The maximum Gasteiger partial charge on any atom is 0.240 e. The maximum absolute atomic E-state index is 11.8. The van der Waals surface area contributed by atoms with Gasteiger partial charge in [-0.1, -0.05) is 29.5 Å². The molecule has 0 spiro atoms. The lowest BCUT2D eigenvalue weighted by atomic mass is 10.2. The number of aryl methyl sites for hydroxylation is 1. The summed E-state index contributed by atoms with van der Waals surface area (Å²) in [6, 6.07) is 12.7. The number of hydrogen-bond acceptors (Lipinski definition) is 4. The molecule has 0 unspecified atom stereocenters. The average molecular weight is 308 g/mol. The van der Waals surface area contributed by atoms with E-state index >= 15 is 0 Å². The van der Waals surface area contributed by atoms with Crippen LogP contribution in [0.25, 0.3) is 0 Å². The van der Waals surface area contributed by atoms with Crippen molar-refractivity contribution in [3.63, 3.8) is 0 Å². The smallest absolute Gasteiger partial charge is 0.240 e. The number of anilines is 1. The predicted molar refractivity (Wildman–Crippen MR) is 82.4 cm³/mol. The molecule has 0 radical (unpaired) electrons. The zero-order chi connectivity index (χ0) is 14.8. The van der Waals surface area contributed by atoms with Gasteiger partial charge in [0.1, 0.15) is 0 Å². The second-order valence-electron chi connectivity index (χ2n) is 4.33. The summed E-state index contributed by atoms with van der Waals surface area (Å²) in [4.78, 5) is 1.96. The zero-order valence-corrected chi connectivity index (χ0v) is 12.9. The summed E-state index contributed by atoms with van der Waals surface area (Å²) >= 11 is 1.45. The van der Waals surface area contributed by atoms with E-state index in [0.717, 1.165) is 15.4 Å². The van der Waals surface area contributed by atoms with Crippen molar-refractivity contribution in [1.82, 2.24) is 4.72 Å². The molecule has 0 aliphatic carbocycles. The van der Waals surface area contributed by atoms with E-state index in [2.05, 4.69) is 4.72 Å². The van der Waals surface area contributed by atoms with Crippen molar-refractivity contribution in [2.24, 2.45) is 0 Å². The third kappa shape index (κ3) is 3.33. The molecule has 0 fully saturated rings. The van der Waals surface area contributed by atoms with Gasteiger partial charge < -0.3 is 5.73 Å². The van der Waals surface area contributed by atoms with Crippen molar-refractivity contribution < 1.29 is 8.42 Å². The minimum atomic E-state index is -3.46. The van der Waals surface area contributed by atoms with Gasteiger partial charge in [0.15, 0.2) is 0 Å². The van der Waals surface area contributed by atoms with Gasteiger partial charge in [-0.3, -0.25) is 0 Å². The van der Waals surface area contributed by atoms with Crippen molar-refractivity contribution in [3.8, 4) is 0 Å². The largest absolute Gasteiger partial charge is 0.398 e. The van der Waals surface area contributed by atoms with Crippen LogP contribution in [0.5, 0.6) is 0 Å². The Morgan fingerprint density at radius 1 is 1.15 bits per heavy atom. The van der Waals surface area contributed by atoms with Gasteiger partial charge in [0.2, 0.25) is 10.0 Å². The molecule has 3 N–H and O–H groups in total. The van der Waals surface area contributed by atoms with Gasteiger partial charge in [-0.25, -0.2) is 13.1 Å². The number of nitrogens with one attached hydrogen (secondary N) is 1. The Morgan fingerprint density at radius 3 is 2.55 bits per heavy atom. The highest BCUT2D eigenvalue weighted by molar-refractivity contribution is 7.99. The lowest BCUT2D eigenvalue weighted by molar-refractivity contribution is 0.588. The number of benzene rings is 2. The number of nitrogen functional groups attached to an aromatic ring is 1. The van der Waals surface area contributed by atoms with Gasteiger partial charge in [0.05, 0.1) is 4.90 Å². The third-order valence-electron chi connectivity index (χ3n) is 2.78. The van der Waals surface area contributed by atoms with Crippen LogP contribution in [0.4, 0.5) is 5.69 Å². The predicted octanol–water partition coefficient (Wildman–Crippen LogP) is 2.64. The van der Waals surface area contributed by atoms with Crippen LogP contribution in [0.15, 0.2) is 57.2 Å². The fourth-order valence-corrected chi connectivity index (χ4v) is 3.54. The summed E-state index contributed by atoms with van der Waals surface area (Å²) < 4.78 is 25.9. The summed E-state index contributed by atoms with van der Waals surface area (Å²) in [5.41, 5.74) is 7.63. The average Bonchev–Trinajstić information content (AvgIpc) is 2.41. The first-order valence-corrected chi connectivity index (χ1v) is 8.30. The molecule has 0 atom stereocenters. The van der Waals surface area contributed by atoms with Crippen LogP contribution in [0.3, 0.4) is 0 Å². The summed E-state index contributed by atoms with van der Waals surface area (Å²) in [7, 11) is -2.07. The third-order valence-corrected chi connectivity index (χ3v) is 5.26. The summed E-state index contributed by atoms with van der Waals surface area (Å²) in [5, 5.41) is 0. The van der Waals surface area contributed by atoms with Crippen molar-refractivity contribution >= 4 is 27.5 Å². The van der Waals surface area contributed by atoms with Gasteiger partial charge in [-0.05, 0) is 44.3 Å². The molecule has 20 heavy (non-hydrogen) atoms. The van der Waals surface area contributed by atoms with Gasteiger partial charge >= 0.3 is 0 Å². The van der Waals surface area contributed by atoms with Crippen LogP contribution < -0.4 is 10.5 Å². The zero-order valence-electron chi connectivity index (χ0n) is 11.3. The lowest BCUT2D eigenvalue weighted by Gasteiger charge is -2.09. The van der Waals surface area contributed by atoms with Gasteiger partial charge in [0, 0.05) is 15.5 Å². The van der Waals surface area contributed by atoms with E-state index < -0.39 is 10.0 Å². The Kier molecular flexibility index (Phi) is 4.37. The molecule has 0 heterocycles. The summed E-state index contributed by atoms with van der Waals surface area (Å²) in [6.07, 6.45) is 0. The summed E-state index contributed by atoms with van der Waals surface area (Å²) in [5.74, 6) is 0. The maximum atomic E-state index is 11.8. The van der Waals surface area contributed by atoms with Crippen molar-refractivity contribution in [1.29, 1.82) is 0 Å². The highest BCUT2D eigenvalue weighted by Gasteiger charge is 2.13. The molecule has 0 aliphatic heterocycles. The van der Waals surface area contributed by atoms with Crippen molar-refractivity contribution in [3.05, 3.63) is 48.0 Å². The van der Waals surface area contributed by atoms with E-state index in [0.29, 0.717) is 5.69 Å². The molecule has 0 aromatic heterocycles. The van der Waals surface area contributed by atoms with Crippen LogP contribution in [0.2, 0.25) is 0 Å². The van der Waals surface area contributed by atoms with Crippen molar-refractivity contribution in [2.45, 2.75) is 21.6 Å². The fourth-order valence-electron chi connectivity index (χ4n) is 1.69. The van der Waals surface area contributed by atoms with Gasteiger partial charge in [-0.2, -0.15) is 0 Å². The Bertz CT molecular complexity index is 728. The SMILES string of the molecule is CNS(=O)(=O)c1ccc(N)c(Sc2cccc(C)c2)c1. The van der Waals surface area contributed by atoms with Crippen LogP contribution in [0, 0.1) is 6.92 Å². The lowest BCUT2D eigenvalue weighted by Crippen LogP contribution is -2.18. The molecule has 0 saturated carbocycles. The van der Waals surface area contributed by atoms with E-state index in [-0.39, 0.29) is 4.90 Å². The normalized spacial score (nSPS) is 11.5. The fraction of sp³-hybridized carbons (Fsp3) is 0.143. The Labute approximate surface area is 123 Å². The topological polar surface area (TPSA) is 72.2 Å². The van der Waals surface area contributed by atoms with Crippen LogP contribution >= 0.6 is 11.8 Å². The van der Waals surface area contributed by atoms with E-state index in [1.54, 1.807) is 12.1 Å². The van der Waals surface area contributed by atoms with E-state index in [9.17, 15) is 8.42 Å². The van der Waals surface area contributed by atoms with Gasteiger partial charge in [-0.15, -0.1) is 0 Å². The molecule has 106 valence electrons. The van der Waals surface area contributed by atoms with E-state index in [4.69, 9.17) is 5.73 Å². The first-order chi connectivity index (χ1) is 9.42. The van der Waals surface area contributed by atoms with Gasteiger partial charge in [0.25, 0.3) is 0 Å². The van der Waals surface area contributed by atoms with E-state index in [1.807, 2.05) is 31.2 Å². The Balaban J connectivity index is 2.39. The molecule has 0 saturated heterocycles. The molecule has 2 rings (SSSR count). The minimum Gasteiger partial charge on any atom is -0.398 e. The molecule has 2 aromatic carbocycles. The number of rotatable bonds is 4. The molecule has 4 nitrogen and oxygen atoms in total. The molecule has 2 aromatic rings.